The number of alkyl halides is 1. The third-order valence-electron chi connectivity index (χ3n) is 3.11. The Kier molecular flexibility index (Phi) is 3.47. The molecule has 2 unspecified atom stereocenters. The predicted octanol–water partition coefficient (Wildman–Crippen LogP) is 1.23. The second-order valence-corrected chi connectivity index (χ2v) is 3.77. The topological polar surface area (TPSA) is 46.2 Å². The van der Waals surface area contributed by atoms with Crippen LogP contribution in [0.3, 0.4) is 0 Å². The van der Waals surface area contributed by atoms with E-state index in [-0.39, 0.29) is 18.2 Å². The molecule has 0 aromatic carbocycles. The number of hydrogen-bond donors (Lipinski definition) is 2. The maximum absolute atomic E-state index is 12.2. The zero-order valence-electron chi connectivity index (χ0n) is 7.43. The molecule has 12 heavy (non-hydrogen) atoms. The zero-order chi connectivity index (χ0) is 9.03. The Morgan fingerprint density at radius 3 is 2.75 bits per heavy atom. The van der Waals surface area contributed by atoms with Gasteiger partial charge in [0.2, 0.25) is 0 Å². The van der Waals surface area contributed by atoms with Gasteiger partial charge in [0.05, 0.1) is 12.8 Å². The van der Waals surface area contributed by atoms with Crippen molar-refractivity contribution in [2.24, 2.45) is 11.1 Å². The van der Waals surface area contributed by atoms with Crippen molar-refractivity contribution in [2.45, 2.75) is 38.2 Å². The van der Waals surface area contributed by atoms with E-state index in [1.165, 1.54) is 0 Å². The fourth-order valence-electron chi connectivity index (χ4n) is 2.11. The highest BCUT2D eigenvalue weighted by molar-refractivity contribution is 4.90. The number of hydrogen-bond acceptors (Lipinski definition) is 2. The van der Waals surface area contributed by atoms with Gasteiger partial charge in [0, 0.05) is 12.0 Å². The van der Waals surface area contributed by atoms with Gasteiger partial charge in [-0.25, -0.2) is 0 Å². The first-order chi connectivity index (χ1) is 5.75. The van der Waals surface area contributed by atoms with Crippen LogP contribution < -0.4 is 5.73 Å². The van der Waals surface area contributed by atoms with Crippen molar-refractivity contribution in [3.63, 3.8) is 0 Å². The Morgan fingerprint density at radius 1 is 1.50 bits per heavy atom. The van der Waals surface area contributed by atoms with Gasteiger partial charge in [-0.15, -0.1) is 0 Å². The van der Waals surface area contributed by atoms with E-state index >= 15 is 0 Å². The van der Waals surface area contributed by atoms with Crippen LogP contribution in [0.4, 0.5) is 4.39 Å². The third kappa shape index (κ3) is 1.77. The van der Waals surface area contributed by atoms with Gasteiger partial charge < -0.3 is 10.8 Å². The largest absolute Gasteiger partial charge is 0.392 e. The molecule has 0 amide bonds. The van der Waals surface area contributed by atoms with E-state index in [9.17, 15) is 9.50 Å². The molecule has 1 saturated carbocycles. The summed E-state index contributed by atoms with van der Waals surface area (Å²) in [6.07, 6.45) is 3.84. The zero-order valence-corrected chi connectivity index (χ0v) is 7.43. The normalized spacial score (nSPS) is 36.8. The minimum Gasteiger partial charge on any atom is -0.392 e. The molecule has 0 spiro atoms. The van der Waals surface area contributed by atoms with Crippen molar-refractivity contribution in [3.8, 4) is 0 Å². The summed E-state index contributed by atoms with van der Waals surface area (Å²) in [7, 11) is 0. The number of nitrogens with two attached hydrogens (primary N) is 1. The molecule has 0 aromatic rings. The number of halogens is 1. The third-order valence-corrected chi connectivity index (χ3v) is 3.11. The van der Waals surface area contributed by atoms with Gasteiger partial charge in [-0.3, -0.25) is 4.39 Å². The average molecular weight is 175 g/mol. The minimum absolute atomic E-state index is 0.312. The van der Waals surface area contributed by atoms with Crippen LogP contribution in [-0.2, 0) is 0 Å². The van der Waals surface area contributed by atoms with Crippen molar-refractivity contribution in [1.29, 1.82) is 0 Å². The van der Waals surface area contributed by atoms with E-state index in [1.807, 2.05) is 0 Å². The first-order valence-electron chi connectivity index (χ1n) is 4.69. The lowest BCUT2D eigenvalue weighted by Crippen LogP contribution is -2.44. The Balaban J connectivity index is 2.60. The van der Waals surface area contributed by atoms with Crippen LogP contribution in [0.15, 0.2) is 0 Å². The molecule has 3 heteroatoms. The lowest BCUT2D eigenvalue weighted by molar-refractivity contribution is -0.0154. The molecule has 1 aliphatic rings. The predicted molar refractivity (Wildman–Crippen MR) is 46.6 cm³/mol. The highest BCUT2D eigenvalue weighted by atomic mass is 19.1. The summed E-state index contributed by atoms with van der Waals surface area (Å²) in [5.41, 5.74) is 5.28. The average Bonchev–Trinajstić information content (AvgIpc) is 2.10. The molecular weight excluding hydrogens is 157 g/mol. The Bertz CT molecular complexity index is 138. The molecule has 1 aliphatic carbocycles. The van der Waals surface area contributed by atoms with Crippen LogP contribution in [-0.4, -0.2) is 24.4 Å². The van der Waals surface area contributed by atoms with Crippen molar-refractivity contribution < 1.29 is 9.50 Å². The molecule has 0 saturated heterocycles. The van der Waals surface area contributed by atoms with Crippen LogP contribution >= 0.6 is 0 Å². The Hall–Kier alpha value is -0.150. The fraction of sp³-hybridized carbons (Fsp3) is 1.00. The summed E-state index contributed by atoms with van der Waals surface area (Å²) in [6, 6.07) is 0. The Labute approximate surface area is 73.0 Å². The van der Waals surface area contributed by atoms with Crippen molar-refractivity contribution in [1.82, 2.24) is 0 Å². The highest BCUT2D eigenvalue weighted by Crippen LogP contribution is 2.38. The van der Waals surface area contributed by atoms with Crippen molar-refractivity contribution in [3.05, 3.63) is 0 Å². The lowest BCUT2D eigenvalue weighted by atomic mass is 9.70. The lowest BCUT2D eigenvalue weighted by Gasteiger charge is -2.40. The van der Waals surface area contributed by atoms with Gasteiger partial charge >= 0.3 is 0 Å². The molecule has 0 aliphatic heterocycles. The van der Waals surface area contributed by atoms with Crippen molar-refractivity contribution in [2.75, 3.05) is 13.2 Å². The monoisotopic (exact) mass is 175 g/mol. The molecule has 72 valence electrons. The quantitative estimate of drug-likeness (QED) is 0.677. The molecule has 0 aromatic heterocycles. The molecule has 0 bridgehead atoms. The van der Waals surface area contributed by atoms with Crippen LogP contribution in [0.1, 0.15) is 32.1 Å². The summed E-state index contributed by atoms with van der Waals surface area (Å²) in [5.74, 6) is 0. The Morgan fingerprint density at radius 2 is 2.25 bits per heavy atom. The number of aliphatic hydroxyl groups is 1. The molecule has 2 nitrogen and oxygen atoms in total. The number of rotatable bonds is 3. The summed E-state index contributed by atoms with van der Waals surface area (Å²) < 4.78 is 12.2. The molecule has 0 heterocycles. The first-order valence-corrected chi connectivity index (χ1v) is 4.69. The molecule has 1 rings (SSSR count). The number of aliphatic hydroxyl groups excluding tert-OH is 1. The fourth-order valence-corrected chi connectivity index (χ4v) is 2.11. The van der Waals surface area contributed by atoms with Gasteiger partial charge in [0.25, 0.3) is 0 Å². The summed E-state index contributed by atoms with van der Waals surface area (Å²) >= 11 is 0. The molecular formula is C9H18FNO. The van der Waals surface area contributed by atoms with E-state index < -0.39 is 0 Å². The maximum Gasteiger partial charge on any atom is 0.0901 e. The van der Waals surface area contributed by atoms with E-state index in [0.717, 1.165) is 25.7 Å². The van der Waals surface area contributed by atoms with Gasteiger partial charge in [0.1, 0.15) is 0 Å². The highest BCUT2D eigenvalue weighted by Gasteiger charge is 2.38. The van der Waals surface area contributed by atoms with Crippen LogP contribution in [0.25, 0.3) is 0 Å². The van der Waals surface area contributed by atoms with E-state index in [4.69, 9.17) is 5.73 Å². The van der Waals surface area contributed by atoms with Crippen LogP contribution in [0.2, 0.25) is 0 Å². The SMILES string of the molecule is NCC1(CCF)CCCCC1O. The van der Waals surface area contributed by atoms with Gasteiger partial charge in [-0.05, 0) is 19.3 Å². The first kappa shape index (κ1) is 9.93. The van der Waals surface area contributed by atoms with E-state index in [0.29, 0.717) is 13.0 Å². The molecule has 2 atom stereocenters. The second kappa shape index (κ2) is 4.19. The van der Waals surface area contributed by atoms with Crippen LogP contribution in [0, 0.1) is 5.41 Å². The molecule has 0 radical (unpaired) electrons. The van der Waals surface area contributed by atoms with Crippen LogP contribution in [0.5, 0.6) is 0 Å². The summed E-state index contributed by atoms with van der Waals surface area (Å²) in [5, 5.41) is 9.70. The summed E-state index contributed by atoms with van der Waals surface area (Å²) in [4.78, 5) is 0. The van der Waals surface area contributed by atoms with Gasteiger partial charge in [-0.2, -0.15) is 0 Å². The molecule has 1 fully saturated rings. The second-order valence-electron chi connectivity index (χ2n) is 3.77. The smallest absolute Gasteiger partial charge is 0.0901 e. The van der Waals surface area contributed by atoms with E-state index in [1.54, 1.807) is 0 Å². The standard InChI is InChI=1S/C9H18FNO/c10-6-5-9(7-11)4-2-1-3-8(9)12/h8,12H,1-7,11H2. The molecule has 3 N–H and O–H groups in total. The maximum atomic E-state index is 12.2. The van der Waals surface area contributed by atoms with Gasteiger partial charge in [0.15, 0.2) is 0 Å². The summed E-state index contributed by atoms with van der Waals surface area (Å²) in [6.45, 7) is 0.0480. The minimum atomic E-state index is -0.382. The van der Waals surface area contributed by atoms with Crippen molar-refractivity contribution >= 4 is 0 Å². The van der Waals surface area contributed by atoms with Gasteiger partial charge in [-0.1, -0.05) is 12.8 Å². The van der Waals surface area contributed by atoms with E-state index in [2.05, 4.69) is 0 Å².